The highest BCUT2D eigenvalue weighted by Gasteiger charge is 2.17. The predicted octanol–water partition coefficient (Wildman–Crippen LogP) is 3.26. The number of hydrogen-bond donors (Lipinski definition) is 2. The number of carbonyl (C=O) groups excluding carboxylic acids is 1. The van der Waals surface area contributed by atoms with Gasteiger partial charge in [-0.25, -0.2) is 13.8 Å². The second-order valence-electron chi connectivity index (χ2n) is 4.57. The summed E-state index contributed by atoms with van der Waals surface area (Å²) < 4.78 is 27.3. The summed E-state index contributed by atoms with van der Waals surface area (Å²) in [6.07, 6.45) is 1.71. The summed E-state index contributed by atoms with van der Waals surface area (Å²) >= 11 is 1.46. The van der Waals surface area contributed by atoms with Crippen molar-refractivity contribution in [3.63, 3.8) is 0 Å². The molecule has 4 nitrogen and oxygen atoms in total. The van der Waals surface area contributed by atoms with Crippen LogP contribution in [0.2, 0.25) is 0 Å². The van der Waals surface area contributed by atoms with Crippen molar-refractivity contribution in [2.45, 2.75) is 19.9 Å². The summed E-state index contributed by atoms with van der Waals surface area (Å²) in [5, 5.41) is 5.83. The van der Waals surface area contributed by atoms with E-state index in [2.05, 4.69) is 15.6 Å². The number of aromatic nitrogens is 1. The first-order chi connectivity index (χ1) is 9.92. The number of nitrogens with one attached hydrogen (secondary N) is 2. The molecule has 0 radical (unpaired) electrons. The number of rotatable bonds is 4. The van der Waals surface area contributed by atoms with Gasteiger partial charge in [-0.2, -0.15) is 0 Å². The largest absolute Gasteiger partial charge is 0.383 e. The van der Waals surface area contributed by atoms with E-state index >= 15 is 0 Å². The van der Waals surface area contributed by atoms with Gasteiger partial charge in [-0.3, -0.25) is 4.79 Å². The van der Waals surface area contributed by atoms with E-state index in [1.807, 2.05) is 6.92 Å². The molecule has 7 heteroatoms. The Bertz CT molecular complexity index is 649. The fourth-order valence-corrected chi connectivity index (χ4v) is 2.63. The summed E-state index contributed by atoms with van der Waals surface area (Å²) in [5.74, 6) is -2.16. The Labute approximate surface area is 125 Å². The fraction of sp³-hybridized carbons (Fsp3) is 0.286. The van der Waals surface area contributed by atoms with Gasteiger partial charge in [0.15, 0.2) is 0 Å². The first kappa shape index (κ1) is 15.4. The van der Waals surface area contributed by atoms with Gasteiger partial charge < -0.3 is 10.6 Å². The Hall–Kier alpha value is -2.02. The molecule has 0 aliphatic rings. The van der Waals surface area contributed by atoms with Crippen LogP contribution < -0.4 is 10.6 Å². The monoisotopic (exact) mass is 311 g/mol. The minimum Gasteiger partial charge on any atom is -0.383 e. The van der Waals surface area contributed by atoms with Crippen molar-refractivity contribution in [1.29, 1.82) is 0 Å². The van der Waals surface area contributed by atoms with E-state index in [0.29, 0.717) is 0 Å². The summed E-state index contributed by atoms with van der Waals surface area (Å²) in [7, 11) is 1.41. The summed E-state index contributed by atoms with van der Waals surface area (Å²) in [6, 6.07) is 1.68. The lowest BCUT2D eigenvalue weighted by atomic mass is 10.1. The van der Waals surface area contributed by atoms with E-state index < -0.39 is 17.5 Å². The smallest absolute Gasteiger partial charge is 0.252 e. The average Bonchev–Trinajstić information content (AvgIpc) is 2.85. The van der Waals surface area contributed by atoms with Crippen molar-refractivity contribution in [3.05, 3.63) is 45.4 Å². The van der Waals surface area contributed by atoms with Crippen molar-refractivity contribution in [2.24, 2.45) is 0 Å². The van der Waals surface area contributed by atoms with Crippen LogP contribution in [-0.2, 0) is 0 Å². The van der Waals surface area contributed by atoms with Gasteiger partial charge >= 0.3 is 0 Å². The minimum absolute atomic E-state index is 0.0656. The van der Waals surface area contributed by atoms with Crippen LogP contribution in [0.15, 0.2) is 18.3 Å². The molecule has 112 valence electrons. The van der Waals surface area contributed by atoms with Crippen molar-refractivity contribution in [1.82, 2.24) is 10.3 Å². The molecule has 1 atom stereocenters. The van der Waals surface area contributed by atoms with Crippen LogP contribution in [0.3, 0.4) is 0 Å². The van der Waals surface area contributed by atoms with Gasteiger partial charge in [-0.1, -0.05) is 0 Å². The molecule has 0 aliphatic heterocycles. The van der Waals surface area contributed by atoms with Gasteiger partial charge in [-0.15, -0.1) is 11.3 Å². The van der Waals surface area contributed by atoms with Gasteiger partial charge in [0.25, 0.3) is 5.91 Å². The zero-order chi connectivity index (χ0) is 15.6. The number of anilines is 1. The maximum atomic E-state index is 13.6. The first-order valence-electron chi connectivity index (χ1n) is 6.32. The summed E-state index contributed by atoms with van der Waals surface area (Å²) in [5.41, 5.74) is -0.320. The maximum absolute atomic E-state index is 13.6. The highest BCUT2D eigenvalue weighted by atomic mass is 32.1. The van der Waals surface area contributed by atoms with Crippen molar-refractivity contribution in [3.8, 4) is 0 Å². The van der Waals surface area contributed by atoms with Crippen LogP contribution in [0.25, 0.3) is 0 Å². The zero-order valence-corrected chi connectivity index (χ0v) is 12.6. The predicted molar refractivity (Wildman–Crippen MR) is 78.6 cm³/mol. The van der Waals surface area contributed by atoms with Crippen LogP contribution >= 0.6 is 11.3 Å². The molecule has 0 bridgehead atoms. The number of hydrogen-bond acceptors (Lipinski definition) is 4. The van der Waals surface area contributed by atoms with Gasteiger partial charge in [0.1, 0.15) is 22.3 Å². The lowest BCUT2D eigenvalue weighted by Gasteiger charge is -2.12. The minimum atomic E-state index is -0.805. The van der Waals surface area contributed by atoms with Crippen molar-refractivity contribution >= 4 is 22.9 Å². The topological polar surface area (TPSA) is 54.0 Å². The average molecular weight is 311 g/mol. The van der Waals surface area contributed by atoms with Crippen LogP contribution in [0.4, 0.5) is 14.5 Å². The highest BCUT2D eigenvalue weighted by Crippen LogP contribution is 2.22. The van der Waals surface area contributed by atoms with E-state index in [-0.39, 0.29) is 17.3 Å². The molecule has 1 amide bonds. The number of benzene rings is 1. The third kappa shape index (κ3) is 3.36. The van der Waals surface area contributed by atoms with Gasteiger partial charge in [0.05, 0.1) is 6.04 Å². The third-order valence-corrected chi connectivity index (χ3v) is 4.01. The molecule has 1 unspecified atom stereocenters. The van der Waals surface area contributed by atoms with Crippen molar-refractivity contribution < 1.29 is 13.6 Å². The normalized spacial score (nSPS) is 12.0. The van der Waals surface area contributed by atoms with Crippen LogP contribution in [0.5, 0.6) is 0 Å². The zero-order valence-electron chi connectivity index (χ0n) is 11.8. The Morgan fingerprint density at radius 3 is 2.43 bits per heavy atom. The SMILES string of the molecule is CNc1c(F)cc(C(=O)NC(C)c2ncc(C)s2)cc1F. The molecule has 1 aromatic carbocycles. The molecule has 1 heterocycles. The van der Waals surface area contributed by atoms with E-state index in [1.54, 1.807) is 13.1 Å². The van der Waals surface area contributed by atoms with Crippen LogP contribution in [-0.4, -0.2) is 17.9 Å². The molecule has 0 spiro atoms. The number of nitrogens with zero attached hydrogens (tertiary/aromatic N) is 1. The molecule has 2 rings (SSSR count). The Morgan fingerprint density at radius 1 is 1.33 bits per heavy atom. The van der Waals surface area contributed by atoms with Crippen molar-refractivity contribution in [2.75, 3.05) is 12.4 Å². The molecule has 0 fully saturated rings. The second-order valence-corrected chi connectivity index (χ2v) is 5.84. The first-order valence-corrected chi connectivity index (χ1v) is 7.14. The van der Waals surface area contributed by atoms with E-state index in [0.717, 1.165) is 22.0 Å². The standard InChI is InChI=1S/C14H15F2N3OS/c1-7-6-18-14(21-7)8(2)19-13(20)9-4-10(15)12(17-3)11(16)5-9/h4-6,8,17H,1-3H3,(H,19,20). The molecule has 21 heavy (non-hydrogen) atoms. The lowest BCUT2D eigenvalue weighted by molar-refractivity contribution is 0.0939. The lowest BCUT2D eigenvalue weighted by Crippen LogP contribution is -2.26. The highest BCUT2D eigenvalue weighted by molar-refractivity contribution is 7.11. The van der Waals surface area contributed by atoms with E-state index in [1.165, 1.54) is 18.4 Å². The van der Waals surface area contributed by atoms with Gasteiger partial charge in [0, 0.05) is 23.7 Å². The van der Waals surface area contributed by atoms with Gasteiger partial charge in [-0.05, 0) is 26.0 Å². The summed E-state index contributed by atoms with van der Waals surface area (Å²) in [6.45, 7) is 3.68. The molecule has 0 saturated heterocycles. The Kier molecular flexibility index (Phi) is 4.52. The molecule has 0 aliphatic carbocycles. The maximum Gasteiger partial charge on any atom is 0.252 e. The molecule has 2 N–H and O–H groups in total. The van der Waals surface area contributed by atoms with E-state index in [4.69, 9.17) is 0 Å². The Morgan fingerprint density at radius 2 is 1.95 bits per heavy atom. The molecule has 1 aromatic heterocycles. The fourth-order valence-electron chi connectivity index (χ4n) is 1.86. The summed E-state index contributed by atoms with van der Waals surface area (Å²) in [4.78, 5) is 17.3. The number of aryl methyl sites for hydroxylation is 1. The third-order valence-electron chi connectivity index (χ3n) is 2.91. The number of halogens is 2. The molecule has 2 aromatic rings. The second kappa shape index (κ2) is 6.17. The van der Waals surface area contributed by atoms with Gasteiger partial charge in [0.2, 0.25) is 0 Å². The van der Waals surface area contributed by atoms with E-state index in [9.17, 15) is 13.6 Å². The molecular formula is C14H15F2N3OS. The van der Waals surface area contributed by atoms with Crippen LogP contribution in [0, 0.1) is 18.6 Å². The Balaban J connectivity index is 2.17. The number of carbonyl (C=O) groups is 1. The molecule has 0 saturated carbocycles. The number of thiazole rings is 1. The van der Waals surface area contributed by atoms with Crippen LogP contribution in [0.1, 0.15) is 33.2 Å². The number of amides is 1. The quantitative estimate of drug-likeness (QED) is 0.911. The molecular weight excluding hydrogens is 296 g/mol.